The standard InChI is InChI=1S/C10H13ClO2/c1-7-5-9(11)3-4-10(7)13-8(2)6-12/h3-5,8,12H,6H2,1-2H3/t8-/m0/s1. The van der Waals surface area contributed by atoms with Crippen molar-refractivity contribution in [3.63, 3.8) is 0 Å². The van der Waals surface area contributed by atoms with Crippen LogP contribution in [0.1, 0.15) is 12.5 Å². The Kier molecular flexibility index (Phi) is 3.58. The Morgan fingerprint density at radius 2 is 2.23 bits per heavy atom. The summed E-state index contributed by atoms with van der Waals surface area (Å²) in [6.07, 6.45) is -0.181. The molecule has 0 saturated heterocycles. The third-order valence-corrected chi connectivity index (χ3v) is 1.96. The summed E-state index contributed by atoms with van der Waals surface area (Å²) < 4.78 is 5.44. The molecule has 0 saturated carbocycles. The van der Waals surface area contributed by atoms with Gasteiger partial charge in [0.1, 0.15) is 11.9 Å². The molecule has 0 aliphatic heterocycles. The molecule has 0 fully saturated rings. The molecule has 0 aliphatic carbocycles. The van der Waals surface area contributed by atoms with Crippen molar-refractivity contribution in [1.29, 1.82) is 0 Å². The number of aliphatic hydroxyl groups excluding tert-OH is 1. The first-order valence-corrected chi connectivity index (χ1v) is 4.55. The summed E-state index contributed by atoms with van der Waals surface area (Å²) >= 11 is 5.78. The molecule has 0 amide bonds. The van der Waals surface area contributed by atoms with Gasteiger partial charge < -0.3 is 9.84 Å². The normalized spacial score (nSPS) is 12.6. The maximum absolute atomic E-state index is 8.79. The van der Waals surface area contributed by atoms with Crippen LogP contribution in [-0.2, 0) is 0 Å². The van der Waals surface area contributed by atoms with Gasteiger partial charge in [-0.3, -0.25) is 0 Å². The van der Waals surface area contributed by atoms with Gasteiger partial charge in [-0.15, -0.1) is 0 Å². The number of aryl methyl sites for hydroxylation is 1. The smallest absolute Gasteiger partial charge is 0.122 e. The van der Waals surface area contributed by atoms with E-state index in [1.807, 2.05) is 26.0 Å². The van der Waals surface area contributed by atoms with E-state index in [1.165, 1.54) is 0 Å². The highest BCUT2D eigenvalue weighted by molar-refractivity contribution is 6.30. The Bertz CT molecular complexity index is 286. The predicted octanol–water partition coefficient (Wildman–Crippen LogP) is 2.41. The summed E-state index contributed by atoms with van der Waals surface area (Å²) in [7, 11) is 0. The lowest BCUT2D eigenvalue weighted by atomic mass is 10.2. The van der Waals surface area contributed by atoms with Crippen molar-refractivity contribution in [3.8, 4) is 5.75 Å². The molecule has 1 aromatic rings. The van der Waals surface area contributed by atoms with Gasteiger partial charge in [-0.25, -0.2) is 0 Å². The van der Waals surface area contributed by atoms with Crippen LogP contribution in [0, 0.1) is 6.92 Å². The fourth-order valence-electron chi connectivity index (χ4n) is 0.999. The van der Waals surface area contributed by atoms with Crippen LogP contribution in [0.3, 0.4) is 0 Å². The summed E-state index contributed by atoms with van der Waals surface area (Å²) in [5.74, 6) is 0.769. The van der Waals surface area contributed by atoms with Crippen LogP contribution < -0.4 is 4.74 Å². The number of aliphatic hydroxyl groups is 1. The molecule has 0 radical (unpaired) electrons. The molecular weight excluding hydrogens is 188 g/mol. The first-order chi connectivity index (χ1) is 6.13. The van der Waals surface area contributed by atoms with E-state index >= 15 is 0 Å². The van der Waals surface area contributed by atoms with E-state index in [2.05, 4.69) is 0 Å². The van der Waals surface area contributed by atoms with Gasteiger partial charge >= 0.3 is 0 Å². The van der Waals surface area contributed by atoms with Gasteiger partial charge in [0.15, 0.2) is 0 Å². The molecule has 0 aliphatic rings. The summed E-state index contributed by atoms with van der Waals surface area (Å²) in [5, 5.41) is 9.49. The minimum Gasteiger partial charge on any atom is -0.488 e. The third-order valence-electron chi connectivity index (χ3n) is 1.72. The zero-order chi connectivity index (χ0) is 9.84. The predicted molar refractivity (Wildman–Crippen MR) is 53.4 cm³/mol. The topological polar surface area (TPSA) is 29.5 Å². The van der Waals surface area contributed by atoms with E-state index in [4.69, 9.17) is 21.4 Å². The molecule has 0 heterocycles. The third kappa shape index (κ3) is 2.90. The number of rotatable bonds is 3. The summed E-state index contributed by atoms with van der Waals surface area (Å²) in [6, 6.07) is 5.42. The first-order valence-electron chi connectivity index (χ1n) is 4.17. The lowest BCUT2D eigenvalue weighted by Crippen LogP contribution is -2.16. The second-order valence-electron chi connectivity index (χ2n) is 3.02. The summed E-state index contributed by atoms with van der Waals surface area (Å²) in [6.45, 7) is 3.75. The first kappa shape index (κ1) is 10.4. The van der Waals surface area contributed by atoms with Crippen molar-refractivity contribution in [2.24, 2.45) is 0 Å². The molecule has 1 aromatic carbocycles. The summed E-state index contributed by atoms with van der Waals surface area (Å²) in [5.41, 5.74) is 0.979. The lowest BCUT2D eigenvalue weighted by Gasteiger charge is -2.13. The van der Waals surface area contributed by atoms with Gasteiger partial charge in [-0.1, -0.05) is 11.6 Å². The van der Waals surface area contributed by atoms with Crippen molar-refractivity contribution >= 4 is 11.6 Å². The fourth-order valence-corrected chi connectivity index (χ4v) is 1.23. The van der Waals surface area contributed by atoms with Gasteiger partial charge in [-0.2, -0.15) is 0 Å². The van der Waals surface area contributed by atoms with Gasteiger partial charge in [0, 0.05) is 5.02 Å². The number of benzene rings is 1. The summed E-state index contributed by atoms with van der Waals surface area (Å²) in [4.78, 5) is 0. The fraction of sp³-hybridized carbons (Fsp3) is 0.400. The van der Waals surface area contributed by atoms with Crippen molar-refractivity contribution in [2.45, 2.75) is 20.0 Å². The minimum absolute atomic E-state index is 0.0159. The number of hydrogen-bond acceptors (Lipinski definition) is 2. The second-order valence-corrected chi connectivity index (χ2v) is 3.46. The highest BCUT2D eigenvalue weighted by atomic mass is 35.5. The highest BCUT2D eigenvalue weighted by Crippen LogP contribution is 2.22. The quantitative estimate of drug-likeness (QED) is 0.812. The molecule has 0 bridgehead atoms. The van der Waals surface area contributed by atoms with E-state index < -0.39 is 0 Å². The molecule has 13 heavy (non-hydrogen) atoms. The van der Waals surface area contributed by atoms with E-state index in [-0.39, 0.29) is 12.7 Å². The SMILES string of the molecule is Cc1cc(Cl)ccc1O[C@@H](C)CO. The zero-order valence-electron chi connectivity index (χ0n) is 7.75. The number of hydrogen-bond donors (Lipinski definition) is 1. The molecule has 2 nitrogen and oxygen atoms in total. The van der Waals surface area contributed by atoms with E-state index in [1.54, 1.807) is 6.07 Å². The number of halogens is 1. The highest BCUT2D eigenvalue weighted by Gasteiger charge is 2.04. The molecule has 0 unspecified atom stereocenters. The van der Waals surface area contributed by atoms with E-state index in [0.29, 0.717) is 5.02 Å². The monoisotopic (exact) mass is 200 g/mol. The van der Waals surface area contributed by atoms with Crippen LogP contribution >= 0.6 is 11.6 Å². The van der Waals surface area contributed by atoms with Gasteiger partial charge in [0.05, 0.1) is 6.61 Å². The Labute approximate surface area is 83.1 Å². The van der Waals surface area contributed by atoms with Crippen LogP contribution in [0.15, 0.2) is 18.2 Å². The van der Waals surface area contributed by atoms with Gasteiger partial charge in [0.25, 0.3) is 0 Å². The van der Waals surface area contributed by atoms with Crippen LogP contribution in [-0.4, -0.2) is 17.8 Å². The Hall–Kier alpha value is -0.730. The number of ether oxygens (including phenoxy) is 1. The maximum Gasteiger partial charge on any atom is 0.122 e. The largest absolute Gasteiger partial charge is 0.488 e. The van der Waals surface area contributed by atoms with Crippen molar-refractivity contribution < 1.29 is 9.84 Å². The Morgan fingerprint density at radius 1 is 1.54 bits per heavy atom. The molecular formula is C10H13ClO2. The molecule has 0 spiro atoms. The average Bonchev–Trinajstić information content (AvgIpc) is 2.09. The van der Waals surface area contributed by atoms with E-state index in [9.17, 15) is 0 Å². The zero-order valence-corrected chi connectivity index (χ0v) is 8.51. The van der Waals surface area contributed by atoms with Gasteiger partial charge in [-0.05, 0) is 37.6 Å². The molecule has 72 valence electrons. The maximum atomic E-state index is 8.79. The minimum atomic E-state index is -0.181. The van der Waals surface area contributed by atoms with Crippen molar-refractivity contribution in [1.82, 2.24) is 0 Å². The second kappa shape index (κ2) is 4.49. The molecule has 3 heteroatoms. The van der Waals surface area contributed by atoms with Gasteiger partial charge in [0.2, 0.25) is 0 Å². The van der Waals surface area contributed by atoms with Crippen molar-refractivity contribution in [2.75, 3.05) is 6.61 Å². The lowest BCUT2D eigenvalue weighted by molar-refractivity contribution is 0.129. The average molecular weight is 201 g/mol. The Balaban J connectivity index is 2.77. The molecule has 1 atom stereocenters. The van der Waals surface area contributed by atoms with Crippen molar-refractivity contribution in [3.05, 3.63) is 28.8 Å². The van der Waals surface area contributed by atoms with Crippen LogP contribution in [0.25, 0.3) is 0 Å². The van der Waals surface area contributed by atoms with Crippen LogP contribution in [0.4, 0.5) is 0 Å². The van der Waals surface area contributed by atoms with E-state index in [0.717, 1.165) is 11.3 Å². The Morgan fingerprint density at radius 3 is 2.77 bits per heavy atom. The van der Waals surface area contributed by atoms with Crippen LogP contribution in [0.5, 0.6) is 5.75 Å². The molecule has 1 N–H and O–H groups in total. The molecule has 0 aromatic heterocycles. The van der Waals surface area contributed by atoms with Crippen LogP contribution in [0.2, 0.25) is 5.02 Å². The molecule has 1 rings (SSSR count).